The largest absolute Gasteiger partial charge is 0.324 e. The van der Waals surface area contributed by atoms with Crippen molar-refractivity contribution in [2.45, 2.75) is 18.6 Å². The van der Waals surface area contributed by atoms with Gasteiger partial charge in [-0.1, -0.05) is 11.8 Å². The summed E-state index contributed by atoms with van der Waals surface area (Å²) in [6, 6.07) is 3.62. The molecule has 0 fully saturated rings. The molecule has 1 rings (SSSR count). The first-order chi connectivity index (χ1) is 9.59. The maximum Gasteiger partial charge on any atom is 0.245 e. The van der Waals surface area contributed by atoms with Gasteiger partial charge in [0, 0.05) is 6.26 Å². The van der Waals surface area contributed by atoms with Crippen molar-refractivity contribution in [2.24, 2.45) is 5.73 Å². The summed E-state index contributed by atoms with van der Waals surface area (Å²) in [7, 11) is -3.60. The highest BCUT2D eigenvalue weighted by atomic mass is 32.2. The number of rotatable bonds is 3. The third-order valence-corrected chi connectivity index (χ3v) is 5.07. The highest BCUT2D eigenvalue weighted by molar-refractivity contribution is 7.92. The molecule has 5 nitrogen and oxygen atoms in total. The van der Waals surface area contributed by atoms with E-state index in [4.69, 9.17) is 5.73 Å². The first kappa shape index (κ1) is 17.1. The maximum absolute atomic E-state index is 13.2. The summed E-state index contributed by atoms with van der Waals surface area (Å²) < 4.78 is 34.9. The number of sulfone groups is 1. The van der Waals surface area contributed by atoms with Gasteiger partial charge in [0.15, 0.2) is 9.84 Å². The smallest absolute Gasteiger partial charge is 0.245 e. The van der Waals surface area contributed by atoms with Crippen LogP contribution in [0.3, 0.4) is 0 Å². The predicted molar refractivity (Wildman–Crippen MR) is 79.9 cm³/mol. The Labute approximate surface area is 123 Å². The van der Waals surface area contributed by atoms with E-state index in [0.717, 1.165) is 18.4 Å². The highest BCUT2D eigenvalue weighted by Gasteiger charge is 2.38. The molecule has 0 aliphatic rings. The Morgan fingerprint density at radius 2 is 2.05 bits per heavy atom. The van der Waals surface area contributed by atoms with Gasteiger partial charge in [-0.05, 0) is 32.0 Å². The van der Waals surface area contributed by atoms with Crippen LogP contribution < -0.4 is 11.1 Å². The van der Waals surface area contributed by atoms with Gasteiger partial charge in [-0.25, -0.2) is 12.8 Å². The summed E-state index contributed by atoms with van der Waals surface area (Å²) >= 11 is 0. The fourth-order valence-electron chi connectivity index (χ4n) is 1.32. The fourth-order valence-corrected chi connectivity index (χ4v) is 1.70. The van der Waals surface area contributed by atoms with E-state index in [9.17, 15) is 17.6 Å². The van der Waals surface area contributed by atoms with Gasteiger partial charge in [-0.2, -0.15) is 0 Å². The summed E-state index contributed by atoms with van der Waals surface area (Å²) in [6.45, 7) is 2.68. The molecular formula is C14H17FN2O3S. The van der Waals surface area contributed by atoms with Crippen molar-refractivity contribution in [1.82, 2.24) is 0 Å². The Morgan fingerprint density at radius 3 is 2.57 bits per heavy atom. The van der Waals surface area contributed by atoms with Crippen molar-refractivity contribution in [3.8, 4) is 11.8 Å². The number of hydrogen-bond acceptors (Lipinski definition) is 4. The zero-order chi connectivity index (χ0) is 16.3. The predicted octanol–water partition coefficient (Wildman–Crippen LogP) is 0.898. The zero-order valence-electron chi connectivity index (χ0n) is 12.0. The summed E-state index contributed by atoms with van der Waals surface area (Å²) in [6.07, 6.45) is 0.979. The second-order valence-corrected chi connectivity index (χ2v) is 7.50. The molecule has 0 radical (unpaired) electrons. The minimum atomic E-state index is -3.60. The van der Waals surface area contributed by atoms with E-state index in [1.807, 2.05) is 0 Å². The van der Waals surface area contributed by atoms with Crippen LogP contribution in [0.25, 0.3) is 0 Å². The Hall–Kier alpha value is -1.91. The number of carbonyl (C=O) groups is 1. The van der Waals surface area contributed by atoms with Crippen molar-refractivity contribution in [1.29, 1.82) is 0 Å². The lowest BCUT2D eigenvalue weighted by molar-refractivity contribution is -0.117. The van der Waals surface area contributed by atoms with Crippen molar-refractivity contribution in [3.05, 3.63) is 29.6 Å². The molecule has 0 saturated carbocycles. The molecule has 1 amide bonds. The van der Waals surface area contributed by atoms with Crippen LogP contribution in [0.15, 0.2) is 18.2 Å². The Balaban J connectivity index is 3.17. The summed E-state index contributed by atoms with van der Waals surface area (Å²) in [5.41, 5.74) is 5.73. The van der Waals surface area contributed by atoms with Gasteiger partial charge in [0.1, 0.15) is 10.6 Å². The normalized spacial score (nSPS) is 11.5. The van der Waals surface area contributed by atoms with Crippen molar-refractivity contribution < 1.29 is 17.6 Å². The molecule has 3 N–H and O–H groups in total. The van der Waals surface area contributed by atoms with Crippen LogP contribution in [0.1, 0.15) is 19.4 Å². The molecule has 0 bridgehead atoms. The summed E-state index contributed by atoms with van der Waals surface area (Å²) in [5, 5.41) is 2.47. The number of benzene rings is 1. The molecule has 0 saturated heterocycles. The maximum atomic E-state index is 13.2. The second-order valence-electron chi connectivity index (χ2n) is 4.93. The van der Waals surface area contributed by atoms with E-state index in [1.165, 1.54) is 19.9 Å². The second kappa shape index (κ2) is 6.24. The molecule has 114 valence electrons. The van der Waals surface area contributed by atoms with Crippen LogP contribution in [0, 0.1) is 17.7 Å². The number of halogens is 1. The molecule has 0 atom stereocenters. The van der Waals surface area contributed by atoms with Crippen molar-refractivity contribution in [3.63, 3.8) is 0 Å². The Kier molecular flexibility index (Phi) is 5.10. The number of amides is 1. The van der Waals surface area contributed by atoms with E-state index in [0.29, 0.717) is 0 Å². The van der Waals surface area contributed by atoms with Gasteiger partial charge in [0.25, 0.3) is 0 Å². The molecule has 0 aliphatic carbocycles. The van der Waals surface area contributed by atoms with Crippen molar-refractivity contribution in [2.75, 3.05) is 18.1 Å². The standard InChI is InChI=1S/C14H17FN2O3S/c1-14(2,21(3,19)20)13(18)17-12-7-6-11(15)9-10(12)5-4-8-16/h6-7,9H,8,16H2,1-3H3,(H,17,18). The van der Waals surface area contributed by atoms with E-state index >= 15 is 0 Å². The van der Waals surface area contributed by atoms with E-state index in [2.05, 4.69) is 17.2 Å². The molecule has 0 aliphatic heterocycles. The number of carbonyl (C=O) groups excluding carboxylic acids is 1. The quantitative estimate of drug-likeness (QED) is 0.812. The number of anilines is 1. The SMILES string of the molecule is CC(C)(C(=O)Nc1ccc(F)cc1C#CCN)S(C)(=O)=O. The molecule has 21 heavy (non-hydrogen) atoms. The molecule has 0 unspecified atom stereocenters. The van der Waals surface area contributed by atoms with Crippen LogP contribution in [-0.2, 0) is 14.6 Å². The molecule has 0 spiro atoms. The van der Waals surface area contributed by atoms with E-state index in [1.54, 1.807) is 0 Å². The summed E-state index contributed by atoms with van der Waals surface area (Å²) in [5.74, 6) is 3.95. The highest BCUT2D eigenvalue weighted by Crippen LogP contribution is 2.21. The summed E-state index contributed by atoms with van der Waals surface area (Å²) in [4.78, 5) is 12.1. The topological polar surface area (TPSA) is 89.3 Å². The molecule has 1 aromatic rings. The monoisotopic (exact) mass is 312 g/mol. The minimum Gasteiger partial charge on any atom is -0.324 e. The van der Waals surface area contributed by atoms with Crippen LogP contribution in [-0.4, -0.2) is 31.9 Å². The van der Waals surface area contributed by atoms with E-state index in [-0.39, 0.29) is 17.8 Å². The molecule has 1 aromatic carbocycles. The molecular weight excluding hydrogens is 295 g/mol. The number of nitrogens with one attached hydrogen (secondary N) is 1. The molecule has 0 heterocycles. The van der Waals surface area contributed by atoms with Crippen molar-refractivity contribution >= 4 is 21.4 Å². The average molecular weight is 312 g/mol. The lowest BCUT2D eigenvalue weighted by atomic mass is 10.1. The first-order valence-corrected chi connectivity index (χ1v) is 7.98. The van der Waals surface area contributed by atoms with Gasteiger partial charge < -0.3 is 11.1 Å². The zero-order valence-corrected chi connectivity index (χ0v) is 12.8. The lowest BCUT2D eigenvalue weighted by Crippen LogP contribution is -2.44. The van der Waals surface area contributed by atoms with Gasteiger partial charge in [-0.3, -0.25) is 4.79 Å². The number of nitrogens with two attached hydrogens (primary N) is 1. The Bertz CT molecular complexity index is 715. The third-order valence-electron chi connectivity index (χ3n) is 3.03. The lowest BCUT2D eigenvalue weighted by Gasteiger charge is -2.21. The molecule has 0 aromatic heterocycles. The van der Waals surface area contributed by atoms with Crippen LogP contribution >= 0.6 is 0 Å². The Morgan fingerprint density at radius 1 is 1.43 bits per heavy atom. The molecule has 7 heteroatoms. The number of hydrogen-bond donors (Lipinski definition) is 2. The van der Waals surface area contributed by atoms with Crippen LogP contribution in [0.5, 0.6) is 0 Å². The van der Waals surface area contributed by atoms with Crippen LogP contribution in [0.2, 0.25) is 0 Å². The van der Waals surface area contributed by atoms with Gasteiger partial charge in [0.05, 0.1) is 17.8 Å². The van der Waals surface area contributed by atoms with Crippen LogP contribution in [0.4, 0.5) is 10.1 Å². The third kappa shape index (κ3) is 4.03. The van der Waals surface area contributed by atoms with Gasteiger partial charge in [-0.15, -0.1) is 0 Å². The van der Waals surface area contributed by atoms with E-state index < -0.39 is 26.3 Å². The minimum absolute atomic E-state index is 0.0821. The van der Waals surface area contributed by atoms with Gasteiger partial charge >= 0.3 is 0 Å². The average Bonchev–Trinajstić information content (AvgIpc) is 2.37. The first-order valence-electron chi connectivity index (χ1n) is 6.09. The van der Waals surface area contributed by atoms with Gasteiger partial charge in [0.2, 0.25) is 5.91 Å². The fraction of sp³-hybridized carbons (Fsp3) is 0.357.